The molecule has 3 nitrogen and oxygen atoms in total. The molecule has 4 rings (SSSR count). The lowest BCUT2D eigenvalue weighted by atomic mass is 9.77. The van der Waals surface area contributed by atoms with Crippen molar-refractivity contribution in [2.75, 3.05) is 5.32 Å². The third-order valence-corrected chi connectivity index (χ3v) is 4.19. The zero-order chi connectivity index (χ0) is 12.8. The molecule has 98 valence electrons. The molecule has 0 saturated heterocycles. The van der Waals surface area contributed by atoms with E-state index in [-0.39, 0.29) is 0 Å². The first-order valence-electron chi connectivity index (χ1n) is 7.18. The number of hydrogen-bond donors (Lipinski definition) is 1. The monoisotopic (exact) mass is 253 g/mol. The van der Waals surface area contributed by atoms with Gasteiger partial charge in [-0.15, -0.1) is 0 Å². The predicted octanol–water partition coefficient (Wildman–Crippen LogP) is 3.11. The Labute approximate surface area is 113 Å². The molecule has 0 bridgehead atoms. The van der Waals surface area contributed by atoms with Gasteiger partial charge in [0.05, 0.1) is 5.69 Å². The molecular formula is C16H19N3. The number of hydrogen-bond acceptors (Lipinski definition) is 2. The van der Waals surface area contributed by atoms with Crippen LogP contribution < -0.4 is 5.32 Å². The molecule has 1 aromatic carbocycles. The Morgan fingerprint density at radius 2 is 2.16 bits per heavy atom. The van der Waals surface area contributed by atoms with E-state index >= 15 is 0 Å². The van der Waals surface area contributed by atoms with Crippen LogP contribution in [0.2, 0.25) is 0 Å². The minimum atomic E-state index is 0.657. The molecule has 1 N–H and O–H groups in total. The van der Waals surface area contributed by atoms with Crippen LogP contribution in [0, 0.1) is 6.92 Å². The van der Waals surface area contributed by atoms with Gasteiger partial charge in [0.2, 0.25) is 5.95 Å². The number of rotatable bonds is 4. The van der Waals surface area contributed by atoms with Crippen molar-refractivity contribution in [1.29, 1.82) is 0 Å². The number of benzene rings is 1. The summed E-state index contributed by atoms with van der Waals surface area (Å²) in [5, 5.41) is 3.53. The van der Waals surface area contributed by atoms with Gasteiger partial charge < -0.3 is 9.88 Å². The summed E-state index contributed by atoms with van der Waals surface area (Å²) in [5.41, 5.74) is 4.14. The van der Waals surface area contributed by atoms with Crippen LogP contribution >= 0.6 is 0 Å². The van der Waals surface area contributed by atoms with Crippen LogP contribution in [0.3, 0.4) is 0 Å². The first-order chi connectivity index (χ1) is 9.29. The molecule has 0 amide bonds. The molecule has 19 heavy (non-hydrogen) atoms. The van der Waals surface area contributed by atoms with Gasteiger partial charge in [-0.2, -0.15) is 0 Å². The number of nitrogens with zero attached hydrogens (tertiary/aromatic N) is 2. The SMILES string of the molecule is Cc1cn(CC2Cc3ccccc32)c(NC2CC2)n1. The largest absolute Gasteiger partial charge is 0.353 e. The van der Waals surface area contributed by atoms with E-state index in [9.17, 15) is 0 Å². The number of anilines is 1. The van der Waals surface area contributed by atoms with Crippen molar-refractivity contribution in [3.05, 3.63) is 47.3 Å². The van der Waals surface area contributed by atoms with Crippen molar-refractivity contribution in [3.63, 3.8) is 0 Å². The molecule has 1 saturated carbocycles. The third-order valence-electron chi connectivity index (χ3n) is 4.19. The average molecular weight is 253 g/mol. The highest BCUT2D eigenvalue weighted by molar-refractivity contribution is 5.40. The first kappa shape index (κ1) is 11.1. The highest BCUT2D eigenvalue weighted by Crippen LogP contribution is 2.36. The average Bonchev–Trinajstić information content (AvgIpc) is 3.11. The van der Waals surface area contributed by atoms with Crippen molar-refractivity contribution in [2.45, 2.75) is 44.7 Å². The van der Waals surface area contributed by atoms with Crippen LogP contribution in [0.1, 0.15) is 35.6 Å². The summed E-state index contributed by atoms with van der Waals surface area (Å²) in [4.78, 5) is 4.61. The molecule has 0 radical (unpaired) electrons. The van der Waals surface area contributed by atoms with E-state index in [0.29, 0.717) is 12.0 Å². The second kappa shape index (κ2) is 4.12. The van der Waals surface area contributed by atoms with Crippen LogP contribution in [0.15, 0.2) is 30.5 Å². The number of imidazole rings is 1. The van der Waals surface area contributed by atoms with Gasteiger partial charge in [0.1, 0.15) is 0 Å². The van der Waals surface area contributed by atoms with Gasteiger partial charge in [-0.05, 0) is 37.3 Å². The van der Waals surface area contributed by atoms with Gasteiger partial charge in [0.25, 0.3) is 0 Å². The standard InChI is InChI=1S/C16H19N3/c1-11-9-19(16(17-11)18-14-6-7-14)10-13-8-12-4-2-3-5-15(12)13/h2-5,9,13-14H,6-8,10H2,1H3,(H,17,18). The summed E-state index contributed by atoms with van der Waals surface area (Å²) in [6.45, 7) is 3.12. The maximum absolute atomic E-state index is 4.61. The van der Waals surface area contributed by atoms with Gasteiger partial charge in [0, 0.05) is 24.7 Å². The summed E-state index contributed by atoms with van der Waals surface area (Å²) in [5.74, 6) is 1.72. The van der Waals surface area contributed by atoms with E-state index in [2.05, 4.69) is 52.3 Å². The molecule has 1 heterocycles. The summed E-state index contributed by atoms with van der Waals surface area (Å²) >= 11 is 0. The van der Waals surface area contributed by atoms with E-state index < -0.39 is 0 Å². The van der Waals surface area contributed by atoms with E-state index in [1.807, 2.05) is 0 Å². The Morgan fingerprint density at radius 1 is 1.32 bits per heavy atom. The Morgan fingerprint density at radius 3 is 2.95 bits per heavy atom. The lowest BCUT2D eigenvalue weighted by Crippen LogP contribution is -2.22. The molecule has 0 aliphatic heterocycles. The molecule has 2 aliphatic carbocycles. The van der Waals surface area contributed by atoms with Crippen LogP contribution in [-0.4, -0.2) is 15.6 Å². The quantitative estimate of drug-likeness (QED) is 0.907. The molecule has 1 unspecified atom stereocenters. The Hall–Kier alpha value is -1.77. The predicted molar refractivity (Wildman–Crippen MR) is 76.5 cm³/mol. The van der Waals surface area contributed by atoms with E-state index in [4.69, 9.17) is 0 Å². The molecular weight excluding hydrogens is 234 g/mol. The van der Waals surface area contributed by atoms with Crippen molar-refractivity contribution in [1.82, 2.24) is 9.55 Å². The fraction of sp³-hybridized carbons (Fsp3) is 0.438. The fourth-order valence-corrected chi connectivity index (χ4v) is 2.97. The van der Waals surface area contributed by atoms with Crippen LogP contribution in [-0.2, 0) is 13.0 Å². The van der Waals surface area contributed by atoms with Gasteiger partial charge in [-0.3, -0.25) is 0 Å². The van der Waals surface area contributed by atoms with Crippen LogP contribution in [0.4, 0.5) is 5.95 Å². The minimum Gasteiger partial charge on any atom is -0.353 e. The van der Waals surface area contributed by atoms with Gasteiger partial charge in [-0.1, -0.05) is 24.3 Å². The highest BCUT2D eigenvalue weighted by atomic mass is 15.2. The molecule has 0 spiro atoms. The Balaban J connectivity index is 1.54. The molecule has 2 aromatic rings. The zero-order valence-electron chi connectivity index (χ0n) is 11.3. The van der Waals surface area contributed by atoms with Crippen molar-refractivity contribution < 1.29 is 0 Å². The molecule has 1 fully saturated rings. The van der Waals surface area contributed by atoms with Crippen molar-refractivity contribution in [3.8, 4) is 0 Å². The smallest absolute Gasteiger partial charge is 0.203 e. The highest BCUT2D eigenvalue weighted by Gasteiger charge is 2.28. The zero-order valence-corrected chi connectivity index (χ0v) is 11.3. The summed E-state index contributed by atoms with van der Waals surface area (Å²) in [7, 11) is 0. The minimum absolute atomic E-state index is 0.657. The fourth-order valence-electron chi connectivity index (χ4n) is 2.97. The van der Waals surface area contributed by atoms with Crippen molar-refractivity contribution >= 4 is 5.95 Å². The number of aromatic nitrogens is 2. The molecule has 2 aliphatic rings. The van der Waals surface area contributed by atoms with E-state index in [0.717, 1.165) is 18.2 Å². The van der Waals surface area contributed by atoms with Crippen molar-refractivity contribution in [2.24, 2.45) is 0 Å². The summed E-state index contributed by atoms with van der Waals surface area (Å²) in [6, 6.07) is 9.45. The first-order valence-corrected chi connectivity index (χ1v) is 7.18. The number of aryl methyl sites for hydroxylation is 1. The Kier molecular flexibility index (Phi) is 2.40. The van der Waals surface area contributed by atoms with Gasteiger partial charge in [0.15, 0.2) is 0 Å². The van der Waals surface area contributed by atoms with Crippen LogP contribution in [0.25, 0.3) is 0 Å². The summed E-state index contributed by atoms with van der Waals surface area (Å²) in [6.07, 6.45) is 5.96. The number of nitrogens with one attached hydrogen (secondary N) is 1. The summed E-state index contributed by atoms with van der Waals surface area (Å²) < 4.78 is 2.30. The molecule has 1 atom stereocenters. The topological polar surface area (TPSA) is 29.9 Å². The van der Waals surface area contributed by atoms with E-state index in [1.165, 1.54) is 30.4 Å². The van der Waals surface area contributed by atoms with E-state index in [1.54, 1.807) is 0 Å². The number of fused-ring (bicyclic) bond motifs is 1. The molecule has 3 heteroatoms. The maximum Gasteiger partial charge on any atom is 0.203 e. The lowest BCUT2D eigenvalue weighted by molar-refractivity contribution is 0.511. The Bertz CT molecular complexity index is 610. The van der Waals surface area contributed by atoms with Gasteiger partial charge >= 0.3 is 0 Å². The maximum atomic E-state index is 4.61. The molecule has 1 aromatic heterocycles. The normalized spacial score (nSPS) is 20.8. The van der Waals surface area contributed by atoms with Gasteiger partial charge in [-0.25, -0.2) is 4.98 Å². The second-order valence-corrected chi connectivity index (χ2v) is 5.88. The van der Waals surface area contributed by atoms with Crippen LogP contribution in [0.5, 0.6) is 0 Å². The second-order valence-electron chi connectivity index (χ2n) is 5.88. The third kappa shape index (κ3) is 2.03. The lowest BCUT2D eigenvalue weighted by Gasteiger charge is -2.30.